The number of carbonyl (C=O) groups is 1. The van der Waals surface area contributed by atoms with Crippen molar-refractivity contribution in [3.05, 3.63) is 58.1 Å². The van der Waals surface area contributed by atoms with Gasteiger partial charge in [-0.05, 0) is 76.5 Å². The highest BCUT2D eigenvalue weighted by Crippen LogP contribution is 2.38. The van der Waals surface area contributed by atoms with Crippen LogP contribution in [0.25, 0.3) is 0 Å². The molecule has 3 heteroatoms. The number of rotatable bonds is 5. The first-order chi connectivity index (χ1) is 14.0. The lowest BCUT2D eigenvalue weighted by atomic mass is 9.72. The van der Waals surface area contributed by atoms with Gasteiger partial charge in [-0.15, -0.1) is 0 Å². The summed E-state index contributed by atoms with van der Waals surface area (Å²) in [6.07, 6.45) is 1.19. The summed E-state index contributed by atoms with van der Waals surface area (Å²) >= 11 is 0. The number of benzene rings is 2. The molecule has 2 rings (SSSR count). The minimum Gasteiger partial charge on any atom is -0.507 e. The van der Waals surface area contributed by atoms with Crippen LogP contribution in [-0.4, -0.2) is 11.1 Å². The molecule has 170 valence electrons. The van der Waals surface area contributed by atoms with Crippen molar-refractivity contribution in [1.82, 2.24) is 0 Å². The molecule has 0 spiro atoms. The van der Waals surface area contributed by atoms with Crippen LogP contribution in [0.5, 0.6) is 11.5 Å². The lowest BCUT2D eigenvalue weighted by molar-refractivity contribution is -0.133. The molecule has 0 heterocycles. The number of carbonyl (C=O) groups excluding carboxylic acids is 1. The fourth-order valence-electron chi connectivity index (χ4n) is 4.57. The molecule has 0 atom stereocenters. The summed E-state index contributed by atoms with van der Waals surface area (Å²) in [4.78, 5) is 12.6. The third kappa shape index (κ3) is 6.35. The van der Waals surface area contributed by atoms with E-state index in [1.165, 1.54) is 5.56 Å². The maximum absolute atomic E-state index is 12.6. The van der Waals surface area contributed by atoms with Crippen molar-refractivity contribution in [3.8, 4) is 11.5 Å². The third-order valence-electron chi connectivity index (χ3n) is 5.87. The van der Waals surface area contributed by atoms with E-state index >= 15 is 0 Å². The third-order valence-corrected chi connectivity index (χ3v) is 5.87. The van der Waals surface area contributed by atoms with Gasteiger partial charge in [-0.2, -0.15) is 0 Å². The normalized spacial score (nSPS) is 12.7. The highest BCUT2D eigenvalue weighted by Gasteiger charge is 2.27. The molecule has 0 saturated carbocycles. The first kappa shape index (κ1) is 25.0. The molecule has 0 amide bonds. The molecular formula is C28H40O3. The van der Waals surface area contributed by atoms with E-state index in [9.17, 15) is 9.90 Å². The van der Waals surface area contributed by atoms with Crippen LogP contribution in [0.1, 0.15) is 89.6 Å². The summed E-state index contributed by atoms with van der Waals surface area (Å²) in [6.45, 7) is 21.3. The van der Waals surface area contributed by atoms with Crippen molar-refractivity contribution in [2.75, 3.05) is 0 Å². The van der Waals surface area contributed by atoms with Crippen molar-refractivity contribution in [2.45, 2.75) is 92.9 Å². The first-order valence-electron chi connectivity index (χ1n) is 11.1. The number of esters is 1. The first-order valence-corrected chi connectivity index (χ1v) is 11.1. The Kier molecular flexibility index (Phi) is 7.00. The van der Waals surface area contributed by atoms with Crippen LogP contribution in [0.15, 0.2) is 30.3 Å². The van der Waals surface area contributed by atoms with Crippen LogP contribution in [0.3, 0.4) is 0 Å². The van der Waals surface area contributed by atoms with E-state index in [2.05, 4.69) is 67.5 Å². The average Bonchev–Trinajstić information content (AvgIpc) is 2.59. The Morgan fingerprint density at radius 3 is 1.97 bits per heavy atom. The maximum Gasteiger partial charge on any atom is 0.315 e. The van der Waals surface area contributed by atoms with E-state index in [1.807, 2.05) is 32.0 Å². The van der Waals surface area contributed by atoms with Crippen LogP contribution in [0.4, 0.5) is 0 Å². The van der Waals surface area contributed by atoms with Crippen LogP contribution < -0.4 is 4.74 Å². The van der Waals surface area contributed by atoms with Gasteiger partial charge in [-0.25, -0.2) is 0 Å². The Bertz CT molecular complexity index is 936. The topological polar surface area (TPSA) is 46.5 Å². The molecule has 0 aliphatic carbocycles. The molecule has 2 aromatic rings. The molecule has 0 aliphatic rings. The Hall–Kier alpha value is -2.29. The van der Waals surface area contributed by atoms with Crippen LogP contribution >= 0.6 is 0 Å². The molecule has 0 fully saturated rings. The number of aryl methyl sites for hydroxylation is 1. The zero-order chi connectivity index (χ0) is 23.8. The summed E-state index contributed by atoms with van der Waals surface area (Å²) in [6, 6.07) is 9.83. The lowest BCUT2D eigenvalue weighted by Crippen LogP contribution is -2.24. The van der Waals surface area contributed by atoms with Gasteiger partial charge in [0.25, 0.3) is 0 Å². The van der Waals surface area contributed by atoms with Gasteiger partial charge >= 0.3 is 5.97 Å². The van der Waals surface area contributed by atoms with Crippen molar-refractivity contribution in [3.63, 3.8) is 0 Å². The van der Waals surface area contributed by atoms with Crippen molar-refractivity contribution in [2.24, 2.45) is 5.41 Å². The van der Waals surface area contributed by atoms with Crippen LogP contribution in [-0.2, 0) is 22.0 Å². The number of hydrogen-bond acceptors (Lipinski definition) is 3. The Balaban J connectivity index is 2.16. The Morgan fingerprint density at radius 2 is 1.48 bits per heavy atom. The van der Waals surface area contributed by atoms with E-state index < -0.39 is 0 Å². The van der Waals surface area contributed by atoms with Gasteiger partial charge in [-0.1, -0.05) is 73.6 Å². The summed E-state index contributed by atoms with van der Waals surface area (Å²) in [7, 11) is 0. The second kappa shape index (κ2) is 8.68. The molecule has 0 aromatic heterocycles. The lowest BCUT2D eigenvalue weighted by Gasteiger charge is -2.33. The standard InChI is InChI=1S/C28H40O3/c1-18-15-23(27(6,7)8)25(30)19(2)22(18)16-24(29)31-21-13-11-20(12-14-21)28(9,10)17-26(3,4)5/h11-15,30H,16-17H2,1-10H3. The predicted octanol–water partition coefficient (Wildman–Crippen LogP) is 7.17. The SMILES string of the molecule is Cc1cc(C(C)(C)C)c(O)c(C)c1CC(=O)Oc1ccc(C(C)(C)CC(C)(C)C)cc1. The number of hydrogen-bond donors (Lipinski definition) is 1. The minimum atomic E-state index is -0.323. The van der Waals surface area contributed by atoms with Crippen molar-refractivity contribution in [1.29, 1.82) is 0 Å². The van der Waals surface area contributed by atoms with Crippen molar-refractivity contribution >= 4 is 5.97 Å². The van der Waals surface area contributed by atoms with Crippen LogP contribution in [0.2, 0.25) is 0 Å². The molecule has 0 saturated heterocycles. The van der Waals surface area contributed by atoms with E-state index in [-0.39, 0.29) is 34.4 Å². The van der Waals surface area contributed by atoms with Gasteiger partial charge in [-0.3, -0.25) is 4.79 Å². The fraction of sp³-hybridized carbons (Fsp3) is 0.536. The van der Waals surface area contributed by atoms with E-state index in [1.54, 1.807) is 0 Å². The zero-order valence-corrected chi connectivity index (χ0v) is 21.1. The predicted molar refractivity (Wildman–Crippen MR) is 129 cm³/mol. The smallest absolute Gasteiger partial charge is 0.315 e. The molecule has 3 nitrogen and oxygen atoms in total. The van der Waals surface area contributed by atoms with E-state index in [0.717, 1.165) is 28.7 Å². The maximum atomic E-state index is 12.6. The van der Waals surface area contributed by atoms with Gasteiger partial charge in [0.1, 0.15) is 11.5 Å². The Morgan fingerprint density at radius 1 is 0.935 bits per heavy atom. The molecule has 1 N–H and O–H groups in total. The van der Waals surface area contributed by atoms with Gasteiger partial charge < -0.3 is 9.84 Å². The quantitative estimate of drug-likeness (QED) is 0.409. The van der Waals surface area contributed by atoms with Crippen LogP contribution in [0, 0.1) is 19.3 Å². The minimum absolute atomic E-state index is 0.0430. The molecule has 0 unspecified atom stereocenters. The summed E-state index contributed by atoms with van der Waals surface area (Å²) in [5, 5.41) is 10.7. The highest BCUT2D eigenvalue weighted by atomic mass is 16.5. The number of ether oxygens (including phenoxy) is 1. The largest absolute Gasteiger partial charge is 0.507 e. The van der Waals surface area contributed by atoms with Crippen molar-refractivity contribution < 1.29 is 14.6 Å². The summed E-state index contributed by atoms with van der Waals surface area (Å²) in [5.41, 5.74) is 4.82. The van der Waals surface area contributed by atoms with Gasteiger partial charge in [0.15, 0.2) is 0 Å². The van der Waals surface area contributed by atoms with Gasteiger partial charge in [0, 0.05) is 0 Å². The second-order valence-electron chi connectivity index (χ2n) is 11.7. The number of aromatic hydroxyl groups is 1. The molecule has 0 radical (unpaired) electrons. The molecule has 2 aromatic carbocycles. The van der Waals surface area contributed by atoms with E-state index in [0.29, 0.717) is 5.75 Å². The molecule has 0 aliphatic heterocycles. The molecule has 0 bridgehead atoms. The van der Waals surface area contributed by atoms with Gasteiger partial charge in [0.05, 0.1) is 6.42 Å². The number of phenolic OH excluding ortho intramolecular Hbond substituents is 1. The highest BCUT2D eigenvalue weighted by molar-refractivity contribution is 5.76. The summed E-state index contributed by atoms with van der Waals surface area (Å²) in [5.74, 6) is 0.494. The Labute approximate surface area is 188 Å². The molecule has 31 heavy (non-hydrogen) atoms. The fourth-order valence-corrected chi connectivity index (χ4v) is 4.57. The van der Waals surface area contributed by atoms with Gasteiger partial charge in [0.2, 0.25) is 0 Å². The summed E-state index contributed by atoms with van der Waals surface area (Å²) < 4.78 is 5.61. The monoisotopic (exact) mass is 424 g/mol. The number of phenols is 1. The average molecular weight is 425 g/mol. The molecular weight excluding hydrogens is 384 g/mol. The second-order valence-corrected chi connectivity index (χ2v) is 11.7. The zero-order valence-electron chi connectivity index (χ0n) is 21.1. The van der Waals surface area contributed by atoms with E-state index in [4.69, 9.17) is 4.74 Å².